The van der Waals surface area contributed by atoms with Crippen molar-refractivity contribution >= 4 is 27.5 Å². The lowest BCUT2D eigenvalue weighted by Gasteiger charge is -2.11. The molecule has 0 unspecified atom stereocenters. The highest BCUT2D eigenvalue weighted by Crippen LogP contribution is 2.34. The maximum atomic E-state index is 6.13. The summed E-state index contributed by atoms with van der Waals surface area (Å²) in [7, 11) is 1.70. The van der Waals surface area contributed by atoms with Crippen LogP contribution in [0, 0.1) is 6.92 Å². The van der Waals surface area contributed by atoms with Gasteiger partial charge in [-0.25, -0.2) is 0 Å². The van der Waals surface area contributed by atoms with Gasteiger partial charge >= 0.3 is 0 Å². The second-order valence-electron chi connectivity index (χ2n) is 4.38. The van der Waals surface area contributed by atoms with E-state index in [1.807, 2.05) is 19.1 Å². The largest absolute Gasteiger partial charge is 0.488 e. The quantitative estimate of drug-likeness (QED) is 0.644. The number of nitrogens with two attached hydrogens (primary N) is 1. The first-order valence-corrected chi connectivity index (χ1v) is 7.79. The summed E-state index contributed by atoms with van der Waals surface area (Å²) in [5, 5.41) is 2.78. The minimum Gasteiger partial charge on any atom is -0.488 e. The molecule has 0 saturated carbocycles. The van der Waals surface area contributed by atoms with Crippen molar-refractivity contribution in [3.8, 4) is 5.75 Å². The Morgan fingerprint density at radius 2 is 1.90 bits per heavy atom. The van der Waals surface area contributed by atoms with Crippen molar-refractivity contribution in [2.75, 3.05) is 46.6 Å². The zero-order chi connectivity index (χ0) is 14.8. The summed E-state index contributed by atoms with van der Waals surface area (Å²) in [5.41, 5.74) is 1.09. The second-order valence-corrected chi connectivity index (χ2v) is 5.64. The van der Waals surface area contributed by atoms with Crippen LogP contribution in [-0.2, 0) is 9.47 Å². The Bertz CT molecular complexity index is 381. The molecule has 114 valence electrons. The van der Waals surface area contributed by atoms with E-state index in [1.54, 1.807) is 7.11 Å². The molecule has 0 fully saturated rings. The Morgan fingerprint density at radius 1 is 1.15 bits per heavy atom. The fourth-order valence-electron chi connectivity index (χ4n) is 1.64. The highest BCUT2D eigenvalue weighted by Gasteiger charge is 2.07. The van der Waals surface area contributed by atoms with Gasteiger partial charge in [0.25, 0.3) is 0 Å². The van der Waals surface area contributed by atoms with E-state index in [0.29, 0.717) is 30.6 Å². The van der Waals surface area contributed by atoms with Crippen molar-refractivity contribution in [1.29, 1.82) is 0 Å². The maximum Gasteiger partial charge on any atom is 0.152 e. The monoisotopic (exact) mass is 366 g/mol. The molecule has 0 amide bonds. The molecule has 0 aliphatic rings. The predicted molar refractivity (Wildman–Crippen MR) is 83.7 cm³/mol. The van der Waals surface area contributed by atoms with Crippen LogP contribution in [0.15, 0.2) is 16.6 Å². The van der Waals surface area contributed by atoms with E-state index in [9.17, 15) is 0 Å². The molecular weight excluding hydrogens is 346 g/mol. The highest BCUT2D eigenvalue weighted by molar-refractivity contribution is 9.10. The van der Waals surface area contributed by atoms with Crippen LogP contribution in [0.1, 0.15) is 5.56 Å². The Balaban J connectivity index is 2.13. The lowest BCUT2D eigenvalue weighted by molar-refractivity contribution is -0.657. The molecule has 20 heavy (non-hydrogen) atoms. The van der Waals surface area contributed by atoms with Crippen molar-refractivity contribution in [3.05, 3.63) is 27.2 Å². The first-order valence-electron chi connectivity index (χ1n) is 6.62. The van der Waals surface area contributed by atoms with Crippen LogP contribution in [0.3, 0.4) is 0 Å². The zero-order valence-electron chi connectivity index (χ0n) is 12.0. The number of ether oxygens (including phenoxy) is 3. The second kappa shape index (κ2) is 10.4. The fraction of sp³-hybridized carbons (Fsp3) is 0.571. The number of aryl methyl sites for hydroxylation is 1. The average Bonchev–Trinajstić information content (AvgIpc) is 2.39. The van der Waals surface area contributed by atoms with Crippen molar-refractivity contribution in [1.82, 2.24) is 0 Å². The molecule has 0 aromatic heterocycles. The zero-order valence-corrected chi connectivity index (χ0v) is 14.3. The summed E-state index contributed by atoms with van der Waals surface area (Å²) in [4.78, 5) is 0. The van der Waals surface area contributed by atoms with Gasteiger partial charge in [-0.1, -0.05) is 11.6 Å². The van der Waals surface area contributed by atoms with Gasteiger partial charge in [0.05, 0.1) is 42.4 Å². The molecule has 1 rings (SSSR count). The van der Waals surface area contributed by atoms with Gasteiger partial charge in [-0.15, -0.1) is 0 Å². The fourth-order valence-corrected chi connectivity index (χ4v) is 2.77. The number of quaternary nitrogens is 1. The van der Waals surface area contributed by atoms with Gasteiger partial charge in [-0.3, -0.25) is 0 Å². The van der Waals surface area contributed by atoms with Gasteiger partial charge < -0.3 is 19.5 Å². The third-order valence-electron chi connectivity index (χ3n) is 2.61. The molecule has 1 aromatic carbocycles. The molecule has 0 spiro atoms. The molecule has 0 heterocycles. The van der Waals surface area contributed by atoms with Gasteiger partial charge in [0.1, 0.15) is 6.61 Å². The smallest absolute Gasteiger partial charge is 0.152 e. The van der Waals surface area contributed by atoms with E-state index >= 15 is 0 Å². The number of hydrogen-bond acceptors (Lipinski definition) is 3. The van der Waals surface area contributed by atoms with Gasteiger partial charge in [-0.05, 0) is 40.5 Å². The summed E-state index contributed by atoms with van der Waals surface area (Å²) < 4.78 is 16.9. The minimum atomic E-state index is 0.486. The van der Waals surface area contributed by atoms with E-state index in [0.717, 1.165) is 29.7 Å². The topological polar surface area (TPSA) is 44.3 Å². The van der Waals surface area contributed by atoms with Crippen LogP contribution in [0.4, 0.5) is 0 Å². The Morgan fingerprint density at radius 3 is 2.60 bits per heavy atom. The molecule has 0 atom stereocenters. The number of rotatable bonds is 10. The van der Waals surface area contributed by atoms with Crippen molar-refractivity contribution < 1.29 is 19.5 Å². The van der Waals surface area contributed by atoms with Gasteiger partial charge in [0.15, 0.2) is 5.75 Å². The average molecular weight is 368 g/mol. The lowest BCUT2D eigenvalue weighted by Crippen LogP contribution is -2.86. The first-order chi connectivity index (χ1) is 9.65. The summed E-state index contributed by atoms with van der Waals surface area (Å²) in [6.45, 7) is 6.39. The molecule has 0 bridgehead atoms. The first kappa shape index (κ1) is 17.7. The Kier molecular flexibility index (Phi) is 9.22. The van der Waals surface area contributed by atoms with Crippen molar-refractivity contribution in [2.24, 2.45) is 0 Å². The molecule has 2 N–H and O–H groups in total. The maximum absolute atomic E-state index is 6.13. The molecule has 4 nitrogen and oxygen atoms in total. The number of methoxy groups -OCH3 is 1. The lowest BCUT2D eigenvalue weighted by atomic mass is 10.2. The van der Waals surface area contributed by atoms with Gasteiger partial charge in [0, 0.05) is 7.11 Å². The van der Waals surface area contributed by atoms with E-state index < -0.39 is 0 Å². The molecule has 0 radical (unpaired) electrons. The SMILES string of the molecule is COCC[NH2+]CCOCCOc1c(Cl)cc(C)cc1Br. The normalized spacial score (nSPS) is 10.8. The number of hydrogen-bond donors (Lipinski definition) is 1. The highest BCUT2D eigenvalue weighted by atomic mass is 79.9. The predicted octanol–water partition coefficient (Wildman–Crippen LogP) is 2.02. The summed E-state index contributed by atoms with van der Waals surface area (Å²) in [6.07, 6.45) is 0. The minimum absolute atomic E-state index is 0.486. The van der Waals surface area contributed by atoms with E-state index in [2.05, 4.69) is 21.2 Å². The van der Waals surface area contributed by atoms with Crippen LogP contribution in [-0.4, -0.2) is 46.6 Å². The number of benzene rings is 1. The summed E-state index contributed by atoms with van der Waals surface area (Å²) in [5.74, 6) is 0.674. The van der Waals surface area contributed by atoms with E-state index in [-0.39, 0.29) is 0 Å². The molecule has 0 aliphatic heterocycles. The molecule has 1 aromatic rings. The van der Waals surface area contributed by atoms with Crippen LogP contribution in [0.2, 0.25) is 5.02 Å². The van der Waals surface area contributed by atoms with Gasteiger partial charge in [-0.2, -0.15) is 0 Å². The standard InChI is InChI=1S/C14H21BrClNO3/c1-11-9-12(15)14(13(16)10-11)20-8-7-19-6-4-17-3-5-18-2/h9-10,17H,3-8H2,1-2H3/p+1. The van der Waals surface area contributed by atoms with Crippen LogP contribution < -0.4 is 10.1 Å². The van der Waals surface area contributed by atoms with Gasteiger partial charge in [0.2, 0.25) is 0 Å². The summed E-state index contributed by atoms with van der Waals surface area (Å²) in [6, 6.07) is 3.86. The van der Waals surface area contributed by atoms with Crippen LogP contribution in [0.5, 0.6) is 5.75 Å². The Hall–Kier alpha value is -0.330. The number of halogens is 2. The van der Waals surface area contributed by atoms with E-state index in [1.165, 1.54) is 0 Å². The molecule has 0 saturated heterocycles. The molecular formula is C14H22BrClNO3+. The summed E-state index contributed by atoms with van der Waals surface area (Å²) >= 11 is 9.58. The van der Waals surface area contributed by atoms with E-state index in [4.69, 9.17) is 25.8 Å². The molecule has 6 heteroatoms. The third kappa shape index (κ3) is 6.90. The van der Waals surface area contributed by atoms with Crippen molar-refractivity contribution in [3.63, 3.8) is 0 Å². The Labute approximate surface area is 133 Å². The van der Waals surface area contributed by atoms with Crippen LogP contribution >= 0.6 is 27.5 Å². The van der Waals surface area contributed by atoms with Crippen LogP contribution in [0.25, 0.3) is 0 Å². The van der Waals surface area contributed by atoms with Crippen molar-refractivity contribution in [2.45, 2.75) is 6.92 Å². The third-order valence-corrected chi connectivity index (χ3v) is 3.48. The molecule has 0 aliphatic carbocycles.